The zero-order valence-electron chi connectivity index (χ0n) is 23.7. The SMILES string of the molecule is CCOC(=O)CCC(=O)NCC(CCCN1CCC(O)(c2ccc(Cl)cc2)CC1)(c1ccccc1)c1ccccn1. The zero-order valence-corrected chi connectivity index (χ0v) is 24.5. The maximum Gasteiger partial charge on any atom is 0.306 e. The van der Waals surface area contributed by atoms with E-state index in [0.717, 1.165) is 49.3 Å². The summed E-state index contributed by atoms with van der Waals surface area (Å²) in [6.45, 7) is 4.88. The number of aliphatic hydroxyl groups is 1. The van der Waals surface area contributed by atoms with Crippen LogP contribution in [0.3, 0.4) is 0 Å². The highest BCUT2D eigenvalue weighted by Gasteiger charge is 2.37. The Kier molecular flexibility index (Phi) is 10.9. The van der Waals surface area contributed by atoms with Crippen molar-refractivity contribution in [3.05, 3.63) is 101 Å². The van der Waals surface area contributed by atoms with Gasteiger partial charge in [-0.05, 0) is 74.5 Å². The Balaban J connectivity index is 1.44. The van der Waals surface area contributed by atoms with Gasteiger partial charge < -0.3 is 20.1 Å². The van der Waals surface area contributed by atoms with E-state index in [0.29, 0.717) is 31.0 Å². The quantitative estimate of drug-likeness (QED) is 0.270. The molecule has 1 atom stereocenters. The lowest BCUT2D eigenvalue weighted by Crippen LogP contribution is -2.45. The van der Waals surface area contributed by atoms with Crippen LogP contribution in [-0.2, 0) is 25.3 Å². The first kappa shape index (κ1) is 30.7. The van der Waals surface area contributed by atoms with Gasteiger partial charge in [-0.15, -0.1) is 0 Å². The molecule has 1 aliphatic rings. The number of carbonyl (C=O) groups excluding carboxylic acids is 2. The molecule has 1 saturated heterocycles. The Labute approximate surface area is 247 Å². The van der Waals surface area contributed by atoms with E-state index >= 15 is 0 Å². The zero-order chi connectivity index (χ0) is 29.1. The number of nitrogens with one attached hydrogen (secondary N) is 1. The number of piperidine rings is 1. The Morgan fingerprint density at radius 2 is 1.73 bits per heavy atom. The van der Waals surface area contributed by atoms with Crippen molar-refractivity contribution >= 4 is 23.5 Å². The lowest BCUT2D eigenvalue weighted by Gasteiger charge is -2.39. The second-order valence-corrected chi connectivity index (χ2v) is 11.2. The van der Waals surface area contributed by atoms with Crippen LogP contribution in [0.1, 0.15) is 62.3 Å². The van der Waals surface area contributed by atoms with Crippen LogP contribution in [0.15, 0.2) is 79.0 Å². The molecule has 2 heterocycles. The molecule has 1 aromatic heterocycles. The van der Waals surface area contributed by atoms with Crippen LogP contribution < -0.4 is 5.32 Å². The van der Waals surface area contributed by atoms with E-state index in [2.05, 4.69) is 22.3 Å². The summed E-state index contributed by atoms with van der Waals surface area (Å²) in [5.74, 6) is -0.557. The monoisotopic (exact) mass is 577 g/mol. The van der Waals surface area contributed by atoms with E-state index in [1.54, 1.807) is 13.1 Å². The molecule has 1 amide bonds. The summed E-state index contributed by atoms with van der Waals surface area (Å²) in [6, 6.07) is 23.6. The summed E-state index contributed by atoms with van der Waals surface area (Å²) in [7, 11) is 0. The molecule has 3 aromatic rings. The van der Waals surface area contributed by atoms with E-state index in [9.17, 15) is 14.7 Å². The van der Waals surface area contributed by atoms with Crippen molar-refractivity contribution in [1.82, 2.24) is 15.2 Å². The van der Waals surface area contributed by atoms with E-state index < -0.39 is 11.0 Å². The van der Waals surface area contributed by atoms with Crippen molar-refractivity contribution < 1.29 is 19.4 Å². The summed E-state index contributed by atoms with van der Waals surface area (Å²) < 4.78 is 4.98. The Morgan fingerprint density at radius 3 is 2.39 bits per heavy atom. The second-order valence-electron chi connectivity index (χ2n) is 10.7. The number of aromatic nitrogens is 1. The van der Waals surface area contributed by atoms with Gasteiger partial charge in [0.2, 0.25) is 5.91 Å². The number of hydrogen-bond donors (Lipinski definition) is 2. The summed E-state index contributed by atoms with van der Waals surface area (Å²) in [6.07, 6.45) is 4.89. The lowest BCUT2D eigenvalue weighted by molar-refractivity contribution is -0.144. The van der Waals surface area contributed by atoms with Gasteiger partial charge in [-0.1, -0.05) is 60.1 Å². The lowest BCUT2D eigenvalue weighted by atomic mass is 9.73. The van der Waals surface area contributed by atoms with E-state index in [4.69, 9.17) is 21.3 Å². The predicted molar refractivity (Wildman–Crippen MR) is 161 cm³/mol. The van der Waals surface area contributed by atoms with Crippen molar-refractivity contribution in [1.29, 1.82) is 0 Å². The number of likely N-dealkylation sites (tertiary alicyclic amines) is 1. The van der Waals surface area contributed by atoms with Gasteiger partial charge >= 0.3 is 5.97 Å². The smallest absolute Gasteiger partial charge is 0.306 e. The van der Waals surface area contributed by atoms with Crippen LogP contribution >= 0.6 is 11.6 Å². The number of rotatable bonds is 13. The molecule has 4 rings (SSSR count). The molecule has 0 bridgehead atoms. The van der Waals surface area contributed by atoms with Gasteiger partial charge in [0.05, 0.1) is 29.7 Å². The van der Waals surface area contributed by atoms with Crippen molar-refractivity contribution in [2.45, 2.75) is 56.5 Å². The molecule has 0 spiro atoms. The van der Waals surface area contributed by atoms with Crippen LogP contribution in [-0.4, -0.2) is 59.7 Å². The second kappa shape index (κ2) is 14.6. The molecule has 1 unspecified atom stereocenters. The maximum atomic E-state index is 12.8. The largest absolute Gasteiger partial charge is 0.466 e. The third-order valence-electron chi connectivity index (χ3n) is 8.07. The number of carbonyl (C=O) groups is 2. The average molecular weight is 578 g/mol. The van der Waals surface area contributed by atoms with Gasteiger partial charge in [0.25, 0.3) is 0 Å². The third kappa shape index (κ3) is 8.15. The minimum absolute atomic E-state index is 0.0545. The molecule has 1 aliphatic heterocycles. The fourth-order valence-electron chi connectivity index (χ4n) is 5.69. The van der Waals surface area contributed by atoms with Crippen LogP contribution in [0.4, 0.5) is 0 Å². The number of amides is 1. The number of nitrogens with zero attached hydrogens (tertiary/aromatic N) is 2. The number of hydrogen-bond acceptors (Lipinski definition) is 6. The highest BCUT2D eigenvalue weighted by molar-refractivity contribution is 6.30. The first-order valence-electron chi connectivity index (χ1n) is 14.4. The van der Waals surface area contributed by atoms with Gasteiger partial charge in [0.15, 0.2) is 0 Å². The van der Waals surface area contributed by atoms with Crippen molar-refractivity contribution in [2.75, 3.05) is 32.8 Å². The molecule has 7 nitrogen and oxygen atoms in total. The molecule has 0 saturated carbocycles. The normalized spacial score (nSPS) is 16.5. The minimum Gasteiger partial charge on any atom is -0.466 e. The van der Waals surface area contributed by atoms with Gasteiger partial charge in [-0.2, -0.15) is 0 Å². The fourth-order valence-corrected chi connectivity index (χ4v) is 5.82. The van der Waals surface area contributed by atoms with Gasteiger partial charge in [0, 0.05) is 37.3 Å². The van der Waals surface area contributed by atoms with Crippen LogP contribution in [0.5, 0.6) is 0 Å². The minimum atomic E-state index is -0.837. The van der Waals surface area contributed by atoms with Gasteiger partial charge in [0.1, 0.15) is 0 Å². The van der Waals surface area contributed by atoms with Crippen LogP contribution in [0, 0.1) is 0 Å². The summed E-state index contributed by atoms with van der Waals surface area (Å²) >= 11 is 6.05. The number of halogens is 1. The van der Waals surface area contributed by atoms with Crippen LogP contribution in [0.2, 0.25) is 5.02 Å². The molecular weight excluding hydrogens is 538 g/mol. The van der Waals surface area contributed by atoms with E-state index in [-0.39, 0.29) is 24.7 Å². The van der Waals surface area contributed by atoms with E-state index in [1.165, 1.54) is 0 Å². The topological polar surface area (TPSA) is 91.8 Å². The average Bonchev–Trinajstić information content (AvgIpc) is 3.00. The molecule has 2 N–H and O–H groups in total. The molecule has 8 heteroatoms. The number of ether oxygens (including phenoxy) is 1. The Bertz CT molecular complexity index is 1210. The van der Waals surface area contributed by atoms with Gasteiger partial charge in [-0.25, -0.2) is 0 Å². The Hall–Kier alpha value is -3.26. The van der Waals surface area contributed by atoms with Crippen molar-refractivity contribution in [3.63, 3.8) is 0 Å². The molecule has 218 valence electrons. The summed E-state index contributed by atoms with van der Waals surface area (Å²) in [4.78, 5) is 31.7. The standard InChI is InChI=1S/C33H40ClN3O4/c1-2-41-31(39)17-16-30(38)36-25-32(26-9-4-3-5-10-26,29-11-6-7-21-35-29)18-8-22-37-23-19-33(40,20-24-37)27-12-14-28(34)15-13-27/h3-7,9-15,21,40H,2,8,16-20,22-25H2,1H3,(H,36,38). The van der Waals surface area contributed by atoms with Gasteiger partial charge in [-0.3, -0.25) is 14.6 Å². The number of esters is 1. The van der Waals surface area contributed by atoms with Crippen molar-refractivity contribution in [3.8, 4) is 0 Å². The van der Waals surface area contributed by atoms with Crippen molar-refractivity contribution in [2.24, 2.45) is 0 Å². The fraction of sp³-hybridized carbons (Fsp3) is 0.424. The molecule has 0 aliphatic carbocycles. The molecular formula is C33H40ClN3O4. The van der Waals surface area contributed by atoms with E-state index in [1.807, 2.05) is 60.7 Å². The Morgan fingerprint density at radius 1 is 1.02 bits per heavy atom. The molecule has 41 heavy (non-hydrogen) atoms. The third-order valence-corrected chi connectivity index (χ3v) is 8.33. The van der Waals surface area contributed by atoms with Crippen LogP contribution in [0.25, 0.3) is 0 Å². The predicted octanol–water partition coefficient (Wildman–Crippen LogP) is 5.24. The molecule has 0 radical (unpaired) electrons. The highest BCUT2D eigenvalue weighted by Crippen LogP contribution is 2.37. The first-order valence-corrected chi connectivity index (χ1v) is 14.8. The number of benzene rings is 2. The highest BCUT2D eigenvalue weighted by atomic mass is 35.5. The molecule has 1 fully saturated rings. The maximum absolute atomic E-state index is 12.8. The summed E-state index contributed by atoms with van der Waals surface area (Å²) in [5, 5.41) is 15.0. The summed E-state index contributed by atoms with van der Waals surface area (Å²) in [5.41, 5.74) is 1.52. The molecule has 2 aromatic carbocycles. The first-order chi connectivity index (χ1) is 19.8. The number of pyridine rings is 1.